The number of thioether (sulfide) groups is 1. The van der Waals surface area contributed by atoms with Crippen molar-refractivity contribution >= 4 is 29.3 Å². The molecule has 0 radical (unpaired) electrons. The number of carbonyl (C=O) groups is 2. The Balaban J connectivity index is 1.42. The van der Waals surface area contributed by atoms with Crippen LogP contribution in [0.4, 0.5) is 5.69 Å². The highest BCUT2D eigenvalue weighted by molar-refractivity contribution is 7.99. The van der Waals surface area contributed by atoms with E-state index in [9.17, 15) is 9.59 Å². The van der Waals surface area contributed by atoms with E-state index >= 15 is 0 Å². The fraction of sp³-hybridized carbons (Fsp3) is 0.308. The van der Waals surface area contributed by atoms with Crippen LogP contribution in [0.1, 0.15) is 41.0 Å². The van der Waals surface area contributed by atoms with Gasteiger partial charge in [0.1, 0.15) is 17.6 Å². The number of carbonyl (C=O) groups excluding carboxylic acids is 2. The van der Waals surface area contributed by atoms with Crippen LogP contribution in [-0.4, -0.2) is 43.9 Å². The van der Waals surface area contributed by atoms with E-state index in [2.05, 4.69) is 16.0 Å². The highest BCUT2D eigenvalue weighted by Gasteiger charge is 2.38. The minimum absolute atomic E-state index is 0.183. The molecule has 1 saturated heterocycles. The summed E-state index contributed by atoms with van der Waals surface area (Å²) in [5.74, 6) is 1.41. The molecule has 1 fully saturated rings. The maximum absolute atomic E-state index is 13.7. The lowest BCUT2D eigenvalue weighted by atomic mass is 10.1. The lowest BCUT2D eigenvalue weighted by Gasteiger charge is -2.23. The smallest absolute Gasteiger partial charge is 0.275 e. The molecule has 34 heavy (non-hydrogen) atoms. The van der Waals surface area contributed by atoms with Crippen LogP contribution in [0.5, 0.6) is 0 Å². The zero-order valence-electron chi connectivity index (χ0n) is 18.7. The standard InChI is InChI=1S/C26H25N5O2S/c27-15-18-10-12-20(13-11-18)28-25(32)22-16-34-17-31(22)26(33)23-21-9-5-2-6-14-30(21)24(29-23)19-7-3-1-4-8-19/h1,3-4,7-8,10-13,22H,2,5-6,9,14,16-17H2,(H,28,32). The van der Waals surface area contributed by atoms with Gasteiger partial charge >= 0.3 is 0 Å². The Bertz CT molecular complexity index is 1250. The highest BCUT2D eigenvalue weighted by Crippen LogP contribution is 2.30. The fourth-order valence-electron chi connectivity index (χ4n) is 4.55. The Hall–Kier alpha value is -3.57. The fourth-order valence-corrected chi connectivity index (χ4v) is 5.70. The van der Waals surface area contributed by atoms with Gasteiger partial charge in [-0.2, -0.15) is 5.26 Å². The molecular weight excluding hydrogens is 446 g/mol. The number of anilines is 1. The van der Waals surface area contributed by atoms with E-state index in [1.807, 2.05) is 30.3 Å². The summed E-state index contributed by atoms with van der Waals surface area (Å²) in [4.78, 5) is 33.3. The Morgan fingerprint density at radius 2 is 1.85 bits per heavy atom. The molecule has 5 rings (SSSR count). The number of nitriles is 1. The third-order valence-corrected chi connectivity index (χ3v) is 7.34. The van der Waals surface area contributed by atoms with E-state index in [1.165, 1.54) is 0 Å². The van der Waals surface area contributed by atoms with Crippen LogP contribution >= 0.6 is 11.8 Å². The van der Waals surface area contributed by atoms with Gasteiger partial charge in [-0.25, -0.2) is 4.98 Å². The number of imidazole rings is 1. The van der Waals surface area contributed by atoms with Crippen molar-refractivity contribution in [2.45, 2.75) is 38.3 Å². The molecule has 1 unspecified atom stereocenters. The first-order valence-electron chi connectivity index (χ1n) is 11.5. The molecule has 2 amide bonds. The monoisotopic (exact) mass is 471 g/mol. The Kier molecular flexibility index (Phi) is 6.37. The number of fused-ring (bicyclic) bond motifs is 1. The molecule has 0 spiro atoms. The average Bonchev–Trinajstić information content (AvgIpc) is 3.43. The zero-order valence-corrected chi connectivity index (χ0v) is 19.6. The second-order valence-corrected chi connectivity index (χ2v) is 9.53. The van der Waals surface area contributed by atoms with Crippen LogP contribution < -0.4 is 5.32 Å². The van der Waals surface area contributed by atoms with E-state index in [0.29, 0.717) is 28.6 Å². The number of amides is 2. The minimum Gasteiger partial charge on any atom is -0.327 e. The van der Waals surface area contributed by atoms with Gasteiger partial charge in [-0.3, -0.25) is 9.59 Å². The van der Waals surface area contributed by atoms with Gasteiger partial charge in [0.2, 0.25) is 5.91 Å². The topological polar surface area (TPSA) is 91.0 Å². The summed E-state index contributed by atoms with van der Waals surface area (Å²) >= 11 is 1.57. The molecule has 2 aliphatic rings. The molecule has 1 N–H and O–H groups in total. The van der Waals surface area contributed by atoms with Crippen molar-refractivity contribution in [3.8, 4) is 17.5 Å². The van der Waals surface area contributed by atoms with E-state index in [4.69, 9.17) is 10.2 Å². The van der Waals surface area contributed by atoms with Gasteiger partial charge in [0.25, 0.3) is 5.91 Å². The molecule has 3 heterocycles. The quantitative estimate of drug-likeness (QED) is 0.613. The lowest BCUT2D eigenvalue weighted by molar-refractivity contribution is -0.119. The molecule has 1 atom stereocenters. The number of nitrogens with one attached hydrogen (secondary N) is 1. The van der Waals surface area contributed by atoms with E-state index in [0.717, 1.165) is 49.3 Å². The third kappa shape index (κ3) is 4.31. The van der Waals surface area contributed by atoms with Crippen molar-refractivity contribution < 1.29 is 9.59 Å². The molecule has 0 bridgehead atoms. The van der Waals surface area contributed by atoms with Crippen molar-refractivity contribution in [2.75, 3.05) is 16.9 Å². The van der Waals surface area contributed by atoms with E-state index in [1.54, 1.807) is 40.9 Å². The summed E-state index contributed by atoms with van der Waals surface area (Å²) in [5, 5.41) is 11.9. The predicted octanol–water partition coefficient (Wildman–Crippen LogP) is 4.30. The van der Waals surface area contributed by atoms with Crippen LogP contribution in [0.3, 0.4) is 0 Å². The molecule has 1 aromatic heterocycles. The van der Waals surface area contributed by atoms with Crippen molar-refractivity contribution in [1.82, 2.24) is 14.5 Å². The van der Waals surface area contributed by atoms with Gasteiger partial charge < -0.3 is 14.8 Å². The second kappa shape index (κ2) is 9.74. The largest absolute Gasteiger partial charge is 0.327 e. The summed E-state index contributed by atoms with van der Waals surface area (Å²) in [5.41, 5.74) is 3.58. The summed E-state index contributed by atoms with van der Waals surface area (Å²) in [7, 11) is 0. The maximum atomic E-state index is 13.7. The molecule has 0 aliphatic carbocycles. The minimum atomic E-state index is -0.573. The normalized spacial score (nSPS) is 17.5. The van der Waals surface area contributed by atoms with Crippen LogP contribution in [0, 0.1) is 11.3 Å². The van der Waals surface area contributed by atoms with E-state index < -0.39 is 6.04 Å². The molecule has 2 aliphatic heterocycles. The number of rotatable bonds is 4. The van der Waals surface area contributed by atoms with Gasteiger partial charge in [-0.15, -0.1) is 11.8 Å². The summed E-state index contributed by atoms with van der Waals surface area (Å²) in [6, 6.07) is 18.2. The first-order chi connectivity index (χ1) is 16.7. The number of nitrogens with zero attached hydrogens (tertiary/aromatic N) is 4. The number of hydrogen-bond donors (Lipinski definition) is 1. The maximum Gasteiger partial charge on any atom is 0.275 e. The number of benzene rings is 2. The van der Waals surface area contributed by atoms with Crippen LogP contribution in [0.15, 0.2) is 54.6 Å². The SMILES string of the molecule is N#Cc1ccc(NC(=O)C2CSCN2C(=O)c2nc(-c3ccccc3)n3c2CCCCC3)cc1. The Morgan fingerprint density at radius 3 is 2.62 bits per heavy atom. The highest BCUT2D eigenvalue weighted by atomic mass is 32.2. The van der Waals surface area contributed by atoms with Gasteiger partial charge in [0, 0.05) is 23.5 Å². The van der Waals surface area contributed by atoms with Crippen molar-refractivity contribution in [3.05, 3.63) is 71.5 Å². The average molecular weight is 472 g/mol. The first kappa shape index (κ1) is 22.2. The molecule has 172 valence electrons. The molecular formula is C26H25N5O2S. The van der Waals surface area contributed by atoms with Gasteiger partial charge in [0.05, 0.1) is 23.2 Å². The second-order valence-electron chi connectivity index (χ2n) is 8.53. The van der Waals surface area contributed by atoms with Crippen molar-refractivity contribution in [2.24, 2.45) is 0 Å². The summed E-state index contributed by atoms with van der Waals surface area (Å²) < 4.78 is 2.20. The summed E-state index contributed by atoms with van der Waals surface area (Å²) in [6.07, 6.45) is 4.02. The Morgan fingerprint density at radius 1 is 1.06 bits per heavy atom. The molecule has 8 heteroatoms. The van der Waals surface area contributed by atoms with Crippen molar-refractivity contribution in [1.29, 1.82) is 5.26 Å². The molecule has 3 aromatic rings. The third-order valence-electron chi connectivity index (χ3n) is 6.33. The van der Waals surface area contributed by atoms with Crippen LogP contribution in [0.25, 0.3) is 11.4 Å². The predicted molar refractivity (Wildman–Crippen MR) is 132 cm³/mol. The van der Waals surface area contributed by atoms with E-state index in [-0.39, 0.29) is 11.8 Å². The molecule has 7 nitrogen and oxygen atoms in total. The van der Waals surface area contributed by atoms with Gasteiger partial charge in [0.15, 0.2) is 0 Å². The molecule has 0 saturated carbocycles. The first-order valence-corrected chi connectivity index (χ1v) is 12.7. The van der Waals surface area contributed by atoms with Crippen LogP contribution in [0.2, 0.25) is 0 Å². The van der Waals surface area contributed by atoms with Crippen molar-refractivity contribution in [3.63, 3.8) is 0 Å². The Labute approximate surface area is 202 Å². The zero-order chi connectivity index (χ0) is 23.5. The molecule has 2 aromatic carbocycles. The van der Waals surface area contributed by atoms with Gasteiger partial charge in [-0.05, 0) is 43.5 Å². The summed E-state index contributed by atoms with van der Waals surface area (Å²) in [6.45, 7) is 0.844. The lowest BCUT2D eigenvalue weighted by Crippen LogP contribution is -2.45. The van der Waals surface area contributed by atoms with Gasteiger partial charge in [-0.1, -0.05) is 36.8 Å². The number of aromatic nitrogens is 2. The van der Waals surface area contributed by atoms with Crippen LogP contribution in [-0.2, 0) is 17.8 Å². The number of hydrogen-bond acceptors (Lipinski definition) is 5.